The Morgan fingerprint density at radius 3 is 1.37 bits per heavy atom. The first-order chi connectivity index (χ1) is 37.2. The molecule has 12 aromatic carbocycles. The summed E-state index contributed by atoms with van der Waals surface area (Å²) < 4.78 is 2.38. The van der Waals surface area contributed by atoms with Gasteiger partial charge in [-0.1, -0.05) is 231 Å². The molecule has 0 radical (unpaired) electrons. The molecule has 13 aromatic rings. The Morgan fingerprint density at radius 1 is 0.253 bits per heavy atom. The molecule has 15 rings (SSSR count). The minimum atomic E-state index is -0.429. The fourth-order valence-corrected chi connectivity index (χ4v) is 12.9. The monoisotopic (exact) mass is 952 g/mol. The summed E-state index contributed by atoms with van der Waals surface area (Å²) in [5, 5.41) is 2.48. The Labute approximate surface area is 437 Å². The summed E-state index contributed by atoms with van der Waals surface area (Å²) in [6.07, 6.45) is 0. The lowest BCUT2D eigenvalue weighted by atomic mass is 9.70. The van der Waals surface area contributed by atoms with Gasteiger partial charge in [-0.05, 0) is 144 Å². The first kappa shape index (κ1) is 42.9. The molecule has 0 fully saturated rings. The molecule has 0 unspecified atom stereocenters. The van der Waals surface area contributed by atoms with Crippen molar-refractivity contribution in [2.45, 2.75) is 5.41 Å². The van der Waals surface area contributed by atoms with E-state index in [9.17, 15) is 0 Å². The first-order valence-electron chi connectivity index (χ1n) is 26.0. The minimum Gasteiger partial charge on any atom is -0.310 e. The quantitative estimate of drug-likeness (QED) is 0.147. The van der Waals surface area contributed by atoms with Crippen LogP contribution in [0.3, 0.4) is 0 Å². The molecular weight excluding hydrogens is 905 g/mol. The molecule has 0 saturated carbocycles. The summed E-state index contributed by atoms with van der Waals surface area (Å²) in [7, 11) is 0. The van der Waals surface area contributed by atoms with Gasteiger partial charge >= 0.3 is 0 Å². The van der Waals surface area contributed by atoms with Gasteiger partial charge in [-0.15, -0.1) is 0 Å². The highest BCUT2D eigenvalue weighted by molar-refractivity contribution is 6.10. The van der Waals surface area contributed by atoms with Crippen LogP contribution in [0.15, 0.2) is 291 Å². The fraction of sp³-hybridized carbons (Fsp3) is 0.0137. The second-order valence-corrected chi connectivity index (χ2v) is 19.9. The van der Waals surface area contributed by atoms with Crippen LogP contribution in [-0.2, 0) is 5.41 Å². The van der Waals surface area contributed by atoms with Crippen LogP contribution in [0.4, 0.5) is 17.1 Å². The Kier molecular flexibility index (Phi) is 9.83. The highest BCUT2D eigenvalue weighted by Gasteiger charge is 2.51. The largest absolute Gasteiger partial charge is 0.310 e. The summed E-state index contributed by atoms with van der Waals surface area (Å²) in [6, 6.07) is 108. The fourth-order valence-electron chi connectivity index (χ4n) is 12.9. The van der Waals surface area contributed by atoms with Gasteiger partial charge in [0.1, 0.15) is 0 Å². The zero-order valence-corrected chi connectivity index (χ0v) is 41.1. The molecule has 2 aliphatic carbocycles. The van der Waals surface area contributed by atoms with Gasteiger partial charge in [0.05, 0.1) is 22.1 Å². The Hall–Kier alpha value is -9.76. The highest BCUT2D eigenvalue weighted by Crippen LogP contribution is 2.63. The molecule has 1 heterocycles. The number of rotatable bonds is 8. The van der Waals surface area contributed by atoms with E-state index >= 15 is 0 Å². The Bertz CT molecular complexity index is 4310. The van der Waals surface area contributed by atoms with Crippen molar-refractivity contribution in [2.75, 3.05) is 4.90 Å². The molecule has 0 N–H and O–H groups in total. The lowest BCUT2D eigenvalue weighted by molar-refractivity contribution is 0.794. The molecule has 1 spiro atoms. The van der Waals surface area contributed by atoms with Gasteiger partial charge in [0, 0.05) is 33.4 Å². The number of para-hydroxylation sites is 3. The van der Waals surface area contributed by atoms with Crippen molar-refractivity contribution in [3.05, 3.63) is 313 Å². The van der Waals surface area contributed by atoms with Gasteiger partial charge in [-0.25, -0.2) is 0 Å². The van der Waals surface area contributed by atoms with E-state index in [4.69, 9.17) is 0 Å². The van der Waals surface area contributed by atoms with Gasteiger partial charge < -0.3 is 9.47 Å². The van der Waals surface area contributed by atoms with E-state index in [2.05, 4.69) is 301 Å². The third-order valence-electron chi connectivity index (χ3n) is 16.0. The third kappa shape index (κ3) is 6.53. The molecule has 0 aliphatic heterocycles. The van der Waals surface area contributed by atoms with Crippen molar-refractivity contribution in [3.63, 3.8) is 0 Å². The van der Waals surface area contributed by atoms with Crippen molar-refractivity contribution in [2.24, 2.45) is 0 Å². The van der Waals surface area contributed by atoms with E-state index in [1.807, 2.05) is 0 Å². The summed E-state index contributed by atoms with van der Waals surface area (Å²) in [5.41, 5.74) is 26.4. The molecule has 0 amide bonds. The number of nitrogens with zero attached hydrogens (tertiary/aromatic N) is 2. The molecule has 0 saturated heterocycles. The van der Waals surface area contributed by atoms with Crippen molar-refractivity contribution in [3.8, 4) is 72.4 Å². The summed E-state index contributed by atoms with van der Waals surface area (Å²) >= 11 is 0. The molecule has 0 bridgehead atoms. The van der Waals surface area contributed by atoms with Crippen molar-refractivity contribution >= 4 is 38.9 Å². The number of hydrogen-bond donors (Lipinski definition) is 0. The van der Waals surface area contributed by atoms with E-state index in [-0.39, 0.29) is 0 Å². The van der Waals surface area contributed by atoms with Gasteiger partial charge in [0.2, 0.25) is 0 Å². The molecule has 350 valence electrons. The Balaban J connectivity index is 0.922. The maximum absolute atomic E-state index is 2.49. The topological polar surface area (TPSA) is 8.17 Å². The predicted octanol–water partition coefficient (Wildman–Crippen LogP) is 19.3. The van der Waals surface area contributed by atoms with Crippen molar-refractivity contribution in [1.29, 1.82) is 0 Å². The summed E-state index contributed by atoms with van der Waals surface area (Å²) in [4.78, 5) is 2.49. The van der Waals surface area contributed by atoms with Crippen LogP contribution in [0, 0.1) is 0 Å². The average Bonchev–Trinajstić information content (AvgIpc) is 4.30. The van der Waals surface area contributed by atoms with E-state index in [0.717, 1.165) is 33.9 Å². The second-order valence-electron chi connectivity index (χ2n) is 19.9. The van der Waals surface area contributed by atoms with E-state index < -0.39 is 5.41 Å². The summed E-state index contributed by atoms with van der Waals surface area (Å²) in [5.74, 6) is 0. The molecule has 2 heteroatoms. The number of fused-ring (bicyclic) bond motifs is 13. The number of hydrogen-bond acceptors (Lipinski definition) is 1. The van der Waals surface area contributed by atoms with E-state index in [0.29, 0.717) is 0 Å². The van der Waals surface area contributed by atoms with Crippen molar-refractivity contribution in [1.82, 2.24) is 4.57 Å². The Morgan fingerprint density at radius 2 is 0.707 bits per heavy atom. The maximum atomic E-state index is 2.49. The summed E-state index contributed by atoms with van der Waals surface area (Å²) in [6.45, 7) is 0. The van der Waals surface area contributed by atoms with Crippen molar-refractivity contribution < 1.29 is 0 Å². The standard InChI is InChI=1S/C73H48N2/c1-3-21-50(22-4-1)55-25-7-8-26-56(55)57-27-9-10-28-58(57)62-32-14-19-37-70(62)74(53-42-39-49(40-43-53)51-41-46-72-65(47-51)63-33-15-20-38-71(63)75(72)52-23-5-2-6-24-52)54-44-45-69-64(48-54)61-31-13-18-36-68(61)73(69)66-34-16-11-29-59(66)60-30-12-17-35-67(60)73/h1-48H. The smallest absolute Gasteiger partial charge is 0.0725 e. The SMILES string of the molecule is c1ccc(-c2ccccc2-c2ccccc2-c2ccccc2N(c2ccc(-c3ccc4c(c3)c3ccccc3n4-c3ccccc3)cc2)c2ccc3c(c2)-c2ccccc2C32c3ccccc3-c3ccccc32)cc1. The van der Waals surface area contributed by atoms with Crippen LogP contribution in [0.1, 0.15) is 22.3 Å². The van der Waals surface area contributed by atoms with Crippen LogP contribution >= 0.6 is 0 Å². The van der Waals surface area contributed by atoms with Crippen LogP contribution in [0.25, 0.3) is 94.3 Å². The lowest BCUT2D eigenvalue weighted by Gasteiger charge is -2.31. The molecule has 75 heavy (non-hydrogen) atoms. The zero-order valence-electron chi connectivity index (χ0n) is 41.1. The molecule has 2 nitrogen and oxygen atoms in total. The van der Waals surface area contributed by atoms with Crippen LogP contribution < -0.4 is 4.90 Å². The molecule has 0 atom stereocenters. The molecular formula is C73H48N2. The van der Waals surface area contributed by atoms with Crippen LogP contribution in [-0.4, -0.2) is 4.57 Å². The normalized spacial score (nSPS) is 12.6. The van der Waals surface area contributed by atoms with Crippen LogP contribution in [0.5, 0.6) is 0 Å². The number of benzene rings is 12. The van der Waals surface area contributed by atoms with Gasteiger partial charge in [-0.3, -0.25) is 0 Å². The van der Waals surface area contributed by atoms with Gasteiger partial charge in [0.15, 0.2) is 0 Å². The number of anilines is 3. The van der Waals surface area contributed by atoms with Gasteiger partial charge in [-0.2, -0.15) is 0 Å². The maximum Gasteiger partial charge on any atom is 0.0725 e. The van der Waals surface area contributed by atoms with Gasteiger partial charge in [0.25, 0.3) is 0 Å². The zero-order chi connectivity index (χ0) is 49.5. The number of aromatic nitrogens is 1. The van der Waals surface area contributed by atoms with Crippen LogP contribution in [0.2, 0.25) is 0 Å². The third-order valence-corrected chi connectivity index (χ3v) is 16.0. The molecule has 1 aromatic heterocycles. The highest BCUT2D eigenvalue weighted by atomic mass is 15.1. The average molecular weight is 953 g/mol. The lowest BCUT2D eigenvalue weighted by Crippen LogP contribution is -2.25. The minimum absolute atomic E-state index is 0.429. The first-order valence-corrected chi connectivity index (χ1v) is 26.0. The second kappa shape index (κ2) is 17.2. The predicted molar refractivity (Wildman–Crippen MR) is 314 cm³/mol. The molecule has 2 aliphatic rings. The van der Waals surface area contributed by atoms with E-state index in [1.165, 1.54) is 99.7 Å². The van der Waals surface area contributed by atoms with E-state index in [1.54, 1.807) is 0 Å².